The highest BCUT2D eigenvalue weighted by Gasteiger charge is 2.31. The van der Waals surface area contributed by atoms with E-state index in [0.29, 0.717) is 18.7 Å². The van der Waals surface area contributed by atoms with Gasteiger partial charge in [-0.15, -0.1) is 0 Å². The largest absolute Gasteiger partial charge is 0.489 e. The summed E-state index contributed by atoms with van der Waals surface area (Å²) >= 11 is 5.33. The number of benzene rings is 3. The van der Waals surface area contributed by atoms with Gasteiger partial charge in [-0.25, -0.2) is 4.39 Å². The van der Waals surface area contributed by atoms with Crippen LogP contribution in [0.1, 0.15) is 37.0 Å². The third-order valence-electron chi connectivity index (χ3n) is 5.27. The number of rotatable bonds is 5. The normalized spacial score (nSPS) is 15.3. The van der Waals surface area contributed by atoms with Crippen molar-refractivity contribution >= 4 is 28.7 Å². The number of ether oxygens (including phenoxy) is 2. The molecule has 0 radical (unpaired) electrons. The molecule has 0 saturated heterocycles. The number of aryl methyl sites for hydroxylation is 1. The minimum atomic E-state index is -0.422. The van der Waals surface area contributed by atoms with Gasteiger partial charge in [-0.1, -0.05) is 30.3 Å². The summed E-state index contributed by atoms with van der Waals surface area (Å²) in [5.74, 6) is 1.12. The number of fused-ring (bicyclic) bond motifs is 1. The number of hydrogen-bond acceptors (Lipinski definition) is 4. The van der Waals surface area contributed by atoms with E-state index in [1.165, 1.54) is 17.7 Å². The number of anilines is 1. The number of halogens is 1. The van der Waals surface area contributed by atoms with Crippen molar-refractivity contribution in [3.05, 3.63) is 89.2 Å². The summed E-state index contributed by atoms with van der Waals surface area (Å²) < 4.78 is 25.6. The minimum absolute atomic E-state index is 0.269. The van der Waals surface area contributed by atoms with E-state index in [2.05, 4.69) is 34.9 Å². The van der Waals surface area contributed by atoms with E-state index < -0.39 is 5.60 Å². The van der Waals surface area contributed by atoms with Crippen LogP contribution in [0.25, 0.3) is 0 Å². The van der Waals surface area contributed by atoms with E-state index in [1.807, 2.05) is 44.2 Å². The number of nitrogens with one attached hydrogen (secondary N) is 2. The maximum atomic E-state index is 13.4. The summed E-state index contributed by atoms with van der Waals surface area (Å²) in [6, 6.07) is 20.0. The van der Waals surface area contributed by atoms with E-state index in [1.54, 1.807) is 12.1 Å². The van der Waals surface area contributed by atoms with E-state index in [9.17, 15) is 4.39 Å². The molecular formula is C26H26FN3O2S. The molecule has 2 N–H and O–H groups in total. The van der Waals surface area contributed by atoms with Gasteiger partial charge in [0.05, 0.1) is 5.71 Å². The Balaban J connectivity index is 1.52. The van der Waals surface area contributed by atoms with Gasteiger partial charge in [0, 0.05) is 17.7 Å². The van der Waals surface area contributed by atoms with Gasteiger partial charge in [-0.05, 0) is 80.5 Å². The van der Waals surface area contributed by atoms with Crippen LogP contribution in [0, 0.1) is 12.7 Å². The van der Waals surface area contributed by atoms with Crippen LogP contribution in [0.3, 0.4) is 0 Å². The van der Waals surface area contributed by atoms with Crippen molar-refractivity contribution in [2.24, 2.45) is 5.10 Å². The Morgan fingerprint density at radius 3 is 2.73 bits per heavy atom. The van der Waals surface area contributed by atoms with Crippen LogP contribution in [-0.2, 0) is 6.61 Å². The summed E-state index contributed by atoms with van der Waals surface area (Å²) in [6.45, 7) is 6.57. The molecule has 0 fully saturated rings. The van der Waals surface area contributed by atoms with Crippen LogP contribution >= 0.6 is 12.2 Å². The van der Waals surface area contributed by atoms with Crippen LogP contribution in [0.4, 0.5) is 10.1 Å². The lowest BCUT2D eigenvalue weighted by molar-refractivity contribution is 0.111. The number of hydrazone groups is 1. The predicted molar refractivity (Wildman–Crippen MR) is 134 cm³/mol. The topological polar surface area (TPSA) is 54.9 Å². The first-order valence-corrected chi connectivity index (χ1v) is 11.1. The van der Waals surface area contributed by atoms with Gasteiger partial charge >= 0.3 is 0 Å². The highest BCUT2D eigenvalue weighted by molar-refractivity contribution is 7.80. The Hall–Kier alpha value is -3.45. The minimum Gasteiger partial charge on any atom is -0.489 e. The number of nitrogens with zero attached hydrogens (tertiary/aromatic N) is 1. The molecule has 0 bridgehead atoms. The second-order valence-electron chi connectivity index (χ2n) is 8.55. The average molecular weight is 464 g/mol. The van der Waals surface area contributed by atoms with E-state index >= 15 is 0 Å². The molecule has 0 atom stereocenters. The van der Waals surface area contributed by atoms with Crippen molar-refractivity contribution in [1.29, 1.82) is 0 Å². The lowest BCUT2D eigenvalue weighted by Crippen LogP contribution is -2.37. The van der Waals surface area contributed by atoms with Gasteiger partial charge in [0.25, 0.3) is 0 Å². The van der Waals surface area contributed by atoms with Crippen LogP contribution in [0.5, 0.6) is 11.5 Å². The lowest BCUT2D eigenvalue weighted by atomic mass is 9.92. The van der Waals surface area contributed by atoms with Crippen LogP contribution in [0.2, 0.25) is 0 Å². The van der Waals surface area contributed by atoms with Gasteiger partial charge < -0.3 is 14.8 Å². The van der Waals surface area contributed by atoms with Crippen LogP contribution in [0.15, 0.2) is 71.8 Å². The Kier molecular flexibility index (Phi) is 6.60. The summed E-state index contributed by atoms with van der Waals surface area (Å²) in [5, 5.41) is 7.75. The third-order valence-corrected chi connectivity index (χ3v) is 5.47. The highest BCUT2D eigenvalue weighted by Crippen LogP contribution is 2.35. The van der Waals surface area contributed by atoms with Crippen molar-refractivity contribution in [2.45, 2.75) is 39.4 Å². The maximum Gasteiger partial charge on any atom is 0.191 e. The fourth-order valence-corrected chi connectivity index (χ4v) is 3.79. The molecule has 3 aromatic rings. The summed E-state index contributed by atoms with van der Waals surface area (Å²) in [7, 11) is 0. The van der Waals surface area contributed by atoms with Crippen molar-refractivity contribution in [3.63, 3.8) is 0 Å². The molecule has 33 heavy (non-hydrogen) atoms. The van der Waals surface area contributed by atoms with Crippen LogP contribution in [-0.4, -0.2) is 16.4 Å². The fourth-order valence-electron chi connectivity index (χ4n) is 3.62. The van der Waals surface area contributed by atoms with Gasteiger partial charge in [0.1, 0.15) is 29.5 Å². The molecule has 1 aliphatic heterocycles. The van der Waals surface area contributed by atoms with Gasteiger partial charge in [0.2, 0.25) is 0 Å². The van der Waals surface area contributed by atoms with E-state index in [0.717, 1.165) is 28.3 Å². The predicted octanol–water partition coefficient (Wildman–Crippen LogP) is 5.96. The molecule has 1 aliphatic rings. The first kappa shape index (κ1) is 22.7. The third kappa shape index (κ3) is 5.87. The molecule has 170 valence electrons. The first-order valence-electron chi connectivity index (χ1n) is 10.7. The smallest absolute Gasteiger partial charge is 0.191 e. The van der Waals surface area contributed by atoms with Crippen molar-refractivity contribution in [3.8, 4) is 11.5 Å². The Labute approximate surface area is 198 Å². The van der Waals surface area contributed by atoms with Crippen molar-refractivity contribution in [1.82, 2.24) is 5.43 Å². The second kappa shape index (κ2) is 9.58. The quantitative estimate of drug-likeness (QED) is 0.361. The molecule has 0 unspecified atom stereocenters. The zero-order valence-corrected chi connectivity index (χ0v) is 19.6. The lowest BCUT2D eigenvalue weighted by Gasteiger charge is -2.33. The Bertz CT molecular complexity index is 1210. The molecule has 0 amide bonds. The molecule has 4 rings (SSSR count). The molecule has 1 heterocycles. The summed E-state index contributed by atoms with van der Waals surface area (Å²) in [5.41, 5.74) is 6.96. The average Bonchev–Trinajstić information content (AvgIpc) is 2.76. The van der Waals surface area contributed by atoms with E-state index in [-0.39, 0.29) is 10.9 Å². The number of thiocarbonyl (C=S) groups is 1. The van der Waals surface area contributed by atoms with Crippen molar-refractivity contribution in [2.75, 3.05) is 5.32 Å². The van der Waals surface area contributed by atoms with Gasteiger partial charge in [-0.3, -0.25) is 5.43 Å². The highest BCUT2D eigenvalue weighted by atomic mass is 32.1. The Morgan fingerprint density at radius 1 is 1.12 bits per heavy atom. The zero-order chi connectivity index (χ0) is 23.4. The summed E-state index contributed by atoms with van der Waals surface area (Å²) in [4.78, 5) is 0. The molecule has 0 aromatic heterocycles. The van der Waals surface area contributed by atoms with Crippen molar-refractivity contribution < 1.29 is 13.9 Å². The summed E-state index contributed by atoms with van der Waals surface area (Å²) in [6.07, 6.45) is 0.580. The SMILES string of the molecule is Cc1ccccc1COc1ccc2c(c1)/C(=N\NC(=S)Nc1cccc(F)c1)CC(C)(C)O2. The maximum absolute atomic E-state index is 13.4. The number of hydrogen-bond donors (Lipinski definition) is 2. The zero-order valence-electron chi connectivity index (χ0n) is 18.8. The van der Waals surface area contributed by atoms with E-state index in [4.69, 9.17) is 21.7 Å². The van der Waals surface area contributed by atoms with Gasteiger partial charge in [-0.2, -0.15) is 5.10 Å². The standard InChI is InChI=1S/C26H26FN3O2S/c1-17-7-4-5-8-18(17)16-31-21-11-12-24-22(14-21)23(15-26(2,3)32-24)29-30-25(33)28-20-10-6-9-19(27)13-20/h4-14H,15-16H2,1-3H3,(H2,28,30,33)/b29-23-. The second-order valence-corrected chi connectivity index (χ2v) is 8.95. The van der Waals surface area contributed by atoms with Crippen LogP contribution < -0.4 is 20.2 Å². The molecule has 3 aromatic carbocycles. The molecule has 7 heteroatoms. The van der Waals surface area contributed by atoms with Gasteiger partial charge in [0.15, 0.2) is 5.11 Å². The molecule has 0 spiro atoms. The first-order chi connectivity index (χ1) is 15.8. The molecule has 5 nitrogen and oxygen atoms in total. The molecule has 0 saturated carbocycles. The fraction of sp³-hybridized carbons (Fsp3) is 0.231. The molecular weight excluding hydrogens is 437 g/mol. The molecule has 0 aliphatic carbocycles. The Morgan fingerprint density at radius 2 is 1.94 bits per heavy atom. The monoisotopic (exact) mass is 463 g/mol.